The Bertz CT molecular complexity index is 746. The molecule has 1 N–H and O–H groups in total. The molecule has 1 atom stereocenters. The first-order chi connectivity index (χ1) is 13.1. The lowest BCUT2D eigenvalue weighted by Crippen LogP contribution is -2.31. The number of unbranched alkanes of at least 4 members (excludes halogenated alkanes) is 3. The summed E-state index contributed by atoms with van der Waals surface area (Å²) in [5.74, 6) is 0.415. The first kappa shape index (κ1) is 20.7. The lowest BCUT2D eigenvalue weighted by Gasteiger charge is -2.20. The number of carbonyl (C=O) groups excluding carboxylic acids is 1. The van der Waals surface area contributed by atoms with Gasteiger partial charge in [-0.05, 0) is 41.9 Å². The van der Waals surface area contributed by atoms with Crippen molar-refractivity contribution in [2.24, 2.45) is 5.92 Å². The highest BCUT2D eigenvalue weighted by Gasteiger charge is 2.22. The molecule has 0 saturated carbocycles. The molecule has 0 aliphatic heterocycles. The molecule has 1 amide bonds. The molecule has 3 heteroatoms. The van der Waals surface area contributed by atoms with E-state index in [0.717, 1.165) is 36.8 Å². The number of nitrogens with one attached hydrogen (secondary N) is 1. The Morgan fingerprint density at radius 2 is 1.74 bits per heavy atom. The Hall–Kier alpha value is -2.60. The fourth-order valence-corrected chi connectivity index (χ4v) is 3.27. The molecule has 0 unspecified atom stereocenters. The molecule has 0 fully saturated rings. The number of hydrogen-bond acceptors (Lipinski definition) is 2. The van der Waals surface area contributed by atoms with Crippen LogP contribution in [-0.4, -0.2) is 12.5 Å². The first-order valence-electron chi connectivity index (χ1n) is 9.92. The molecule has 142 valence electrons. The van der Waals surface area contributed by atoms with Gasteiger partial charge < -0.3 is 5.32 Å². The Kier molecular flexibility index (Phi) is 8.58. The van der Waals surface area contributed by atoms with Gasteiger partial charge in [-0.3, -0.25) is 4.79 Å². The van der Waals surface area contributed by atoms with E-state index in [9.17, 15) is 4.79 Å². The van der Waals surface area contributed by atoms with E-state index in [1.807, 2.05) is 24.3 Å². The fraction of sp³-hybridized carbons (Fsp3) is 0.417. The van der Waals surface area contributed by atoms with Gasteiger partial charge in [0.15, 0.2) is 0 Å². The van der Waals surface area contributed by atoms with E-state index in [1.54, 1.807) is 0 Å². The van der Waals surface area contributed by atoms with E-state index in [1.165, 1.54) is 5.56 Å². The van der Waals surface area contributed by atoms with Crippen LogP contribution in [0.3, 0.4) is 0 Å². The normalized spacial score (nSPS) is 11.8. The second-order valence-corrected chi connectivity index (χ2v) is 7.43. The van der Waals surface area contributed by atoms with Crippen molar-refractivity contribution in [3.63, 3.8) is 0 Å². The monoisotopic (exact) mass is 362 g/mol. The molecular weight excluding hydrogens is 332 g/mol. The van der Waals surface area contributed by atoms with Gasteiger partial charge in [0.1, 0.15) is 0 Å². The average molecular weight is 363 g/mol. The Balaban J connectivity index is 2.07. The van der Waals surface area contributed by atoms with Crippen LogP contribution in [0.4, 0.5) is 0 Å². The molecule has 0 saturated heterocycles. The molecule has 0 aromatic heterocycles. The summed E-state index contributed by atoms with van der Waals surface area (Å²) in [5, 5.41) is 11.7. The minimum absolute atomic E-state index is 0.106. The van der Waals surface area contributed by atoms with Gasteiger partial charge in [-0.1, -0.05) is 74.9 Å². The molecule has 0 aliphatic rings. The lowest BCUT2D eigenvalue weighted by molar-refractivity contribution is -0.122. The van der Waals surface area contributed by atoms with Crippen LogP contribution in [0, 0.1) is 17.2 Å². The van der Waals surface area contributed by atoms with Crippen LogP contribution in [0.2, 0.25) is 0 Å². The summed E-state index contributed by atoms with van der Waals surface area (Å²) >= 11 is 0. The predicted molar refractivity (Wildman–Crippen MR) is 111 cm³/mol. The highest BCUT2D eigenvalue weighted by molar-refractivity contribution is 5.84. The number of hydrogen-bond donors (Lipinski definition) is 1. The van der Waals surface area contributed by atoms with Gasteiger partial charge in [0.25, 0.3) is 0 Å². The Labute approximate surface area is 163 Å². The van der Waals surface area contributed by atoms with E-state index in [-0.39, 0.29) is 11.8 Å². The fourth-order valence-electron chi connectivity index (χ4n) is 3.27. The van der Waals surface area contributed by atoms with Crippen molar-refractivity contribution in [2.45, 2.75) is 51.9 Å². The van der Waals surface area contributed by atoms with Crippen LogP contribution in [0.1, 0.15) is 57.4 Å². The molecule has 0 spiro atoms. The molecule has 2 aromatic rings. The molecule has 0 aliphatic carbocycles. The third-order valence-electron chi connectivity index (χ3n) is 4.68. The maximum Gasteiger partial charge on any atom is 0.227 e. The van der Waals surface area contributed by atoms with Crippen molar-refractivity contribution in [3.05, 3.63) is 60.2 Å². The van der Waals surface area contributed by atoms with E-state index in [0.29, 0.717) is 18.9 Å². The summed E-state index contributed by atoms with van der Waals surface area (Å²) in [6.07, 6.45) is 4.23. The van der Waals surface area contributed by atoms with Crippen molar-refractivity contribution in [1.29, 1.82) is 5.26 Å². The third kappa shape index (κ3) is 6.90. The highest BCUT2D eigenvalue weighted by atomic mass is 16.1. The number of nitrogens with zero attached hydrogens (tertiary/aromatic N) is 1. The summed E-state index contributed by atoms with van der Waals surface area (Å²) in [6.45, 7) is 4.99. The zero-order chi connectivity index (χ0) is 19.5. The lowest BCUT2D eigenvalue weighted by atomic mass is 9.88. The van der Waals surface area contributed by atoms with E-state index in [2.05, 4.69) is 55.6 Å². The SMILES string of the molecule is CC(C)C[C@H](C(=O)NCCCCCC#N)c1cccc(-c2ccccc2)c1. The van der Waals surface area contributed by atoms with Gasteiger partial charge in [-0.2, -0.15) is 5.26 Å². The summed E-state index contributed by atoms with van der Waals surface area (Å²) in [7, 11) is 0. The zero-order valence-electron chi connectivity index (χ0n) is 16.4. The van der Waals surface area contributed by atoms with Crippen LogP contribution in [0.5, 0.6) is 0 Å². The smallest absolute Gasteiger partial charge is 0.227 e. The zero-order valence-corrected chi connectivity index (χ0v) is 16.4. The van der Waals surface area contributed by atoms with Gasteiger partial charge in [0, 0.05) is 13.0 Å². The van der Waals surface area contributed by atoms with Crippen LogP contribution in [-0.2, 0) is 4.79 Å². The van der Waals surface area contributed by atoms with Gasteiger partial charge in [-0.15, -0.1) is 0 Å². The minimum atomic E-state index is -0.132. The molecular formula is C24H30N2O. The van der Waals surface area contributed by atoms with Crippen LogP contribution in [0.15, 0.2) is 54.6 Å². The second kappa shape index (κ2) is 11.2. The van der Waals surface area contributed by atoms with Crippen LogP contribution in [0.25, 0.3) is 11.1 Å². The van der Waals surface area contributed by atoms with Crippen molar-refractivity contribution in [3.8, 4) is 17.2 Å². The Morgan fingerprint density at radius 3 is 2.44 bits per heavy atom. The van der Waals surface area contributed by atoms with Crippen molar-refractivity contribution in [1.82, 2.24) is 5.32 Å². The van der Waals surface area contributed by atoms with Crippen molar-refractivity contribution < 1.29 is 4.79 Å². The van der Waals surface area contributed by atoms with Crippen molar-refractivity contribution in [2.75, 3.05) is 6.54 Å². The predicted octanol–water partition coefficient (Wildman–Crippen LogP) is 5.68. The van der Waals surface area contributed by atoms with Gasteiger partial charge in [0.05, 0.1) is 12.0 Å². The van der Waals surface area contributed by atoms with E-state index in [4.69, 9.17) is 5.26 Å². The molecule has 27 heavy (non-hydrogen) atoms. The molecule has 0 heterocycles. The topological polar surface area (TPSA) is 52.9 Å². The summed E-state index contributed by atoms with van der Waals surface area (Å²) < 4.78 is 0. The maximum absolute atomic E-state index is 12.9. The van der Waals surface area contributed by atoms with Gasteiger partial charge in [0.2, 0.25) is 5.91 Å². The van der Waals surface area contributed by atoms with Gasteiger partial charge in [-0.25, -0.2) is 0 Å². The molecule has 0 radical (unpaired) electrons. The maximum atomic E-state index is 12.9. The quantitative estimate of drug-likeness (QED) is 0.553. The highest BCUT2D eigenvalue weighted by Crippen LogP contribution is 2.28. The van der Waals surface area contributed by atoms with Crippen molar-refractivity contribution >= 4 is 5.91 Å². The number of benzene rings is 2. The van der Waals surface area contributed by atoms with Gasteiger partial charge >= 0.3 is 0 Å². The Morgan fingerprint density at radius 1 is 1.00 bits per heavy atom. The second-order valence-electron chi connectivity index (χ2n) is 7.43. The van der Waals surface area contributed by atoms with Crippen LogP contribution >= 0.6 is 0 Å². The van der Waals surface area contributed by atoms with E-state index >= 15 is 0 Å². The number of amides is 1. The first-order valence-corrected chi connectivity index (χ1v) is 9.92. The number of nitriles is 1. The third-order valence-corrected chi connectivity index (χ3v) is 4.68. The molecule has 0 bridgehead atoms. The molecule has 2 rings (SSSR count). The van der Waals surface area contributed by atoms with E-state index < -0.39 is 0 Å². The average Bonchev–Trinajstić information content (AvgIpc) is 2.69. The number of carbonyl (C=O) groups is 1. The summed E-state index contributed by atoms with van der Waals surface area (Å²) in [5.41, 5.74) is 3.39. The molecule has 3 nitrogen and oxygen atoms in total. The molecule has 2 aromatic carbocycles. The number of rotatable bonds is 10. The summed E-state index contributed by atoms with van der Waals surface area (Å²) in [4.78, 5) is 12.9. The summed E-state index contributed by atoms with van der Waals surface area (Å²) in [6, 6.07) is 20.8. The largest absolute Gasteiger partial charge is 0.356 e. The minimum Gasteiger partial charge on any atom is -0.356 e. The standard InChI is InChI=1S/C24H30N2O/c1-19(2)17-23(24(27)26-16-9-4-3-8-15-25)22-14-10-13-21(18-22)20-11-6-5-7-12-20/h5-7,10-14,18-19,23H,3-4,8-9,16-17H2,1-2H3,(H,26,27)/t23-/m0/s1. The van der Waals surface area contributed by atoms with Crippen LogP contribution < -0.4 is 5.32 Å².